The van der Waals surface area contributed by atoms with Gasteiger partial charge in [-0.2, -0.15) is 0 Å². The molecule has 2 aromatic carbocycles. The Kier molecular flexibility index (Phi) is 5.63. The first kappa shape index (κ1) is 17.7. The minimum atomic E-state index is 0.338. The van der Waals surface area contributed by atoms with Crippen molar-refractivity contribution in [2.45, 2.75) is 31.5 Å². The molecule has 4 rings (SSSR count). The van der Waals surface area contributed by atoms with Crippen LogP contribution in [0.25, 0.3) is 0 Å². The monoisotopic (exact) mass is 366 g/mol. The second-order valence-electron chi connectivity index (χ2n) is 7.18. The van der Waals surface area contributed by atoms with Gasteiger partial charge in [-0.25, -0.2) is 0 Å². The van der Waals surface area contributed by atoms with Crippen molar-refractivity contribution >= 4 is 17.2 Å². The van der Waals surface area contributed by atoms with Crippen LogP contribution in [0.3, 0.4) is 0 Å². The molecule has 2 heterocycles. The largest absolute Gasteiger partial charge is 0.379 e. The maximum absolute atomic E-state index is 5.92. The molecule has 3 nitrogen and oxygen atoms in total. The van der Waals surface area contributed by atoms with E-state index in [9.17, 15) is 0 Å². The van der Waals surface area contributed by atoms with Crippen LogP contribution < -0.4 is 0 Å². The van der Waals surface area contributed by atoms with E-state index >= 15 is 0 Å². The zero-order valence-electron chi connectivity index (χ0n) is 15.1. The molecule has 0 bridgehead atoms. The van der Waals surface area contributed by atoms with Gasteiger partial charge in [-0.1, -0.05) is 72.9 Å². The maximum atomic E-state index is 5.92. The van der Waals surface area contributed by atoms with Crippen molar-refractivity contribution in [3.63, 3.8) is 0 Å². The van der Waals surface area contributed by atoms with Crippen molar-refractivity contribution in [3.8, 4) is 0 Å². The van der Waals surface area contributed by atoms with Gasteiger partial charge >= 0.3 is 0 Å². The maximum Gasteiger partial charge on any atom is 0.0803 e. The predicted molar refractivity (Wildman–Crippen MR) is 109 cm³/mol. The highest BCUT2D eigenvalue weighted by Crippen LogP contribution is 2.36. The molecular weight excluding hydrogens is 340 g/mol. The lowest BCUT2D eigenvalue weighted by atomic mass is 9.90. The third-order valence-corrected chi connectivity index (χ3v) is 5.95. The number of thiocarbonyl (C=S) groups is 1. The Balaban J connectivity index is 1.59. The van der Waals surface area contributed by atoms with Crippen LogP contribution in [0.2, 0.25) is 0 Å². The average molecular weight is 367 g/mol. The fourth-order valence-electron chi connectivity index (χ4n) is 4.15. The second kappa shape index (κ2) is 8.30. The fraction of sp³-hybridized carbons (Fsp3) is 0.409. The van der Waals surface area contributed by atoms with Gasteiger partial charge in [0.25, 0.3) is 0 Å². The number of nitrogens with zero attached hydrogens (tertiary/aromatic N) is 2. The lowest BCUT2D eigenvalue weighted by Gasteiger charge is -2.46. The molecule has 2 fully saturated rings. The van der Waals surface area contributed by atoms with Gasteiger partial charge in [-0.3, -0.25) is 4.90 Å². The van der Waals surface area contributed by atoms with Gasteiger partial charge < -0.3 is 9.64 Å². The third kappa shape index (κ3) is 3.98. The highest BCUT2D eigenvalue weighted by atomic mass is 32.1. The number of rotatable bonds is 4. The Labute approximate surface area is 161 Å². The molecule has 0 N–H and O–H groups in total. The number of hydrogen-bond donors (Lipinski definition) is 0. The number of hydrogen-bond acceptors (Lipinski definition) is 3. The number of ether oxygens (including phenoxy) is 1. The normalized spacial score (nSPS) is 24.6. The van der Waals surface area contributed by atoms with Crippen molar-refractivity contribution in [2.24, 2.45) is 0 Å². The summed E-state index contributed by atoms with van der Waals surface area (Å²) < 4.78 is 5.54. The molecule has 0 aliphatic carbocycles. The van der Waals surface area contributed by atoms with Crippen LogP contribution >= 0.6 is 12.2 Å². The summed E-state index contributed by atoms with van der Waals surface area (Å²) in [6.07, 6.45) is 2.10. The zero-order valence-corrected chi connectivity index (χ0v) is 15.9. The van der Waals surface area contributed by atoms with Crippen LogP contribution in [0.15, 0.2) is 60.7 Å². The molecule has 2 atom stereocenters. The van der Waals surface area contributed by atoms with Crippen molar-refractivity contribution in [2.75, 3.05) is 26.3 Å². The Morgan fingerprint density at radius 1 is 0.923 bits per heavy atom. The smallest absolute Gasteiger partial charge is 0.0803 e. The molecule has 2 aliphatic heterocycles. The predicted octanol–water partition coefficient (Wildman–Crippen LogP) is 4.05. The van der Waals surface area contributed by atoms with Crippen molar-refractivity contribution in [3.05, 3.63) is 71.8 Å². The van der Waals surface area contributed by atoms with Crippen LogP contribution in [0.4, 0.5) is 0 Å². The molecule has 0 amide bonds. The van der Waals surface area contributed by atoms with Gasteiger partial charge in [0, 0.05) is 32.1 Å². The minimum absolute atomic E-state index is 0.338. The summed E-state index contributed by atoms with van der Waals surface area (Å²) in [4.78, 5) is 6.10. The highest BCUT2D eigenvalue weighted by Gasteiger charge is 2.35. The van der Waals surface area contributed by atoms with E-state index in [1.54, 1.807) is 0 Å². The van der Waals surface area contributed by atoms with E-state index in [-0.39, 0.29) is 0 Å². The Hall–Kier alpha value is -1.75. The van der Waals surface area contributed by atoms with Gasteiger partial charge in [0.2, 0.25) is 0 Å². The average Bonchev–Trinajstić information content (AvgIpc) is 2.71. The molecule has 2 aromatic rings. The van der Waals surface area contributed by atoms with Crippen molar-refractivity contribution in [1.82, 2.24) is 9.80 Å². The molecule has 136 valence electrons. The summed E-state index contributed by atoms with van der Waals surface area (Å²) >= 11 is 5.92. The highest BCUT2D eigenvalue weighted by molar-refractivity contribution is 7.80. The van der Waals surface area contributed by atoms with E-state index in [4.69, 9.17) is 17.0 Å². The summed E-state index contributed by atoms with van der Waals surface area (Å²) in [5, 5.41) is 0. The van der Waals surface area contributed by atoms with E-state index in [0.717, 1.165) is 50.7 Å². The number of piperidine rings is 1. The number of likely N-dealkylation sites (tertiary alicyclic amines) is 1. The molecule has 2 aliphatic rings. The van der Waals surface area contributed by atoms with E-state index in [1.165, 1.54) is 11.1 Å². The molecule has 4 heteroatoms. The van der Waals surface area contributed by atoms with Gasteiger partial charge in [0.15, 0.2) is 0 Å². The Bertz CT molecular complexity index is 715. The molecule has 26 heavy (non-hydrogen) atoms. The molecule has 2 saturated heterocycles. The van der Waals surface area contributed by atoms with Gasteiger partial charge in [0.05, 0.1) is 24.2 Å². The van der Waals surface area contributed by atoms with Crippen molar-refractivity contribution < 1.29 is 4.74 Å². The molecular formula is C22H26N2OS. The molecule has 0 aromatic heterocycles. The first-order valence-electron chi connectivity index (χ1n) is 9.51. The molecule has 0 saturated carbocycles. The van der Waals surface area contributed by atoms with Crippen LogP contribution in [-0.4, -0.2) is 47.1 Å². The quantitative estimate of drug-likeness (QED) is 0.758. The van der Waals surface area contributed by atoms with E-state index < -0.39 is 0 Å². The molecule has 0 unspecified atom stereocenters. The lowest BCUT2D eigenvalue weighted by molar-refractivity contribution is 0.00664. The zero-order chi connectivity index (χ0) is 17.8. The van der Waals surface area contributed by atoms with Gasteiger partial charge in [-0.05, 0) is 17.5 Å². The summed E-state index contributed by atoms with van der Waals surface area (Å²) in [7, 11) is 0. The van der Waals surface area contributed by atoms with Crippen LogP contribution in [0, 0.1) is 0 Å². The van der Waals surface area contributed by atoms with Crippen LogP contribution in [0.5, 0.6) is 0 Å². The SMILES string of the molecule is S=C1C[C@H](N2CCOCC2)C[C@@H](c2ccccc2)N1Cc1ccccc1. The number of morpholine rings is 1. The van der Waals surface area contributed by atoms with Gasteiger partial charge in [0.1, 0.15) is 0 Å². The first-order valence-corrected chi connectivity index (χ1v) is 9.92. The summed E-state index contributed by atoms with van der Waals surface area (Å²) in [5.74, 6) is 0. The summed E-state index contributed by atoms with van der Waals surface area (Å²) in [6, 6.07) is 22.4. The fourth-order valence-corrected chi connectivity index (χ4v) is 4.54. The standard InChI is InChI=1S/C22H26N2OS/c26-22-16-20(23-11-13-25-14-12-23)15-21(19-9-5-2-6-10-19)24(22)17-18-7-3-1-4-8-18/h1-10,20-21H,11-17H2/t20-,21+/m1/s1. The second-order valence-corrected chi connectivity index (χ2v) is 7.65. The topological polar surface area (TPSA) is 15.7 Å². The van der Waals surface area contributed by atoms with Crippen LogP contribution in [0.1, 0.15) is 30.0 Å². The van der Waals surface area contributed by atoms with Crippen molar-refractivity contribution in [1.29, 1.82) is 0 Å². The number of benzene rings is 2. The Morgan fingerprint density at radius 3 is 2.27 bits per heavy atom. The summed E-state index contributed by atoms with van der Waals surface area (Å²) in [5.41, 5.74) is 2.68. The van der Waals surface area contributed by atoms with Gasteiger partial charge in [-0.15, -0.1) is 0 Å². The van der Waals surface area contributed by atoms with E-state index in [0.29, 0.717) is 12.1 Å². The Morgan fingerprint density at radius 2 is 1.58 bits per heavy atom. The lowest BCUT2D eigenvalue weighted by Crippen LogP contribution is -2.51. The molecule has 0 radical (unpaired) electrons. The van der Waals surface area contributed by atoms with E-state index in [2.05, 4.69) is 70.5 Å². The van der Waals surface area contributed by atoms with E-state index in [1.807, 2.05) is 0 Å². The van der Waals surface area contributed by atoms with Crippen LogP contribution in [-0.2, 0) is 11.3 Å². The molecule has 0 spiro atoms. The summed E-state index contributed by atoms with van der Waals surface area (Å²) in [6.45, 7) is 4.61. The minimum Gasteiger partial charge on any atom is -0.379 e. The third-order valence-electron chi connectivity index (χ3n) is 5.54. The first-order chi connectivity index (χ1) is 12.8.